The molecule has 0 aromatic heterocycles. The van der Waals surface area contributed by atoms with Crippen molar-refractivity contribution in [3.8, 4) is 0 Å². The van der Waals surface area contributed by atoms with Gasteiger partial charge >= 0.3 is 0 Å². The number of hydrogen-bond acceptors (Lipinski definition) is 1. The highest BCUT2D eigenvalue weighted by molar-refractivity contribution is 5.13. The molecule has 1 heteroatoms. The number of rotatable bonds is 5. The molecule has 1 N–H and O–H groups in total. The van der Waals surface area contributed by atoms with Crippen molar-refractivity contribution < 1.29 is 0 Å². The summed E-state index contributed by atoms with van der Waals surface area (Å²) in [6.45, 7) is 8.00. The molecular formula is C15H29N. The highest BCUT2D eigenvalue weighted by Gasteiger charge is 2.19. The van der Waals surface area contributed by atoms with E-state index in [1.807, 2.05) is 0 Å². The van der Waals surface area contributed by atoms with E-state index in [4.69, 9.17) is 0 Å². The summed E-state index contributed by atoms with van der Waals surface area (Å²) < 4.78 is 0. The Morgan fingerprint density at radius 1 is 1.19 bits per heavy atom. The minimum atomic E-state index is 0.632. The van der Waals surface area contributed by atoms with Gasteiger partial charge in [-0.2, -0.15) is 0 Å². The van der Waals surface area contributed by atoms with Gasteiger partial charge in [-0.05, 0) is 38.1 Å². The van der Waals surface area contributed by atoms with Crippen LogP contribution < -0.4 is 5.32 Å². The smallest absolute Gasteiger partial charge is 0.0304 e. The van der Waals surface area contributed by atoms with Crippen molar-refractivity contribution in [2.45, 2.75) is 71.8 Å². The van der Waals surface area contributed by atoms with E-state index in [1.165, 1.54) is 44.9 Å². The normalized spacial score (nSPS) is 21.8. The van der Waals surface area contributed by atoms with Crippen molar-refractivity contribution in [3.63, 3.8) is 0 Å². The van der Waals surface area contributed by atoms with Crippen LogP contribution in [0.4, 0.5) is 0 Å². The number of likely N-dealkylation sites (N-methyl/N-ethyl adjacent to an activating group) is 1. The number of hydrogen-bond donors (Lipinski definition) is 1. The Bertz CT molecular complexity index is 207. The fourth-order valence-electron chi connectivity index (χ4n) is 2.65. The van der Waals surface area contributed by atoms with Crippen molar-refractivity contribution in [3.05, 3.63) is 11.6 Å². The lowest BCUT2D eigenvalue weighted by atomic mass is 9.87. The largest absolute Gasteiger partial charge is 0.310 e. The van der Waals surface area contributed by atoms with E-state index in [0.29, 0.717) is 6.04 Å². The highest BCUT2D eigenvalue weighted by Crippen LogP contribution is 2.24. The van der Waals surface area contributed by atoms with Crippen LogP contribution in [0.2, 0.25) is 0 Å². The van der Waals surface area contributed by atoms with E-state index in [0.717, 1.165) is 12.5 Å². The molecule has 0 bridgehead atoms. The zero-order valence-corrected chi connectivity index (χ0v) is 11.4. The Morgan fingerprint density at radius 2 is 1.94 bits per heavy atom. The molecule has 0 saturated heterocycles. The van der Waals surface area contributed by atoms with Gasteiger partial charge < -0.3 is 5.32 Å². The maximum absolute atomic E-state index is 3.68. The van der Waals surface area contributed by atoms with E-state index in [2.05, 4.69) is 32.2 Å². The van der Waals surface area contributed by atoms with Gasteiger partial charge in [0.25, 0.3) is 0 Å². The van der Waals surface area contributed by atoms with Gasteiger partial charge in [0, 0.05) is 6.04 Å². The van der Waals surface area contributed by atoms with Crippen molar-refractivity contribution in [1.82, 2.24) is 5.32 Å². The first-order valence-corrected chi connectivity index (χ1v) is 7.21. The summed E-state index contributed by atoms with van der Waals surface area (Å²) in [4.78, 5) is 0. The van der Waals surface area contributed by atoms with Crippen LogP contribution in [0.3, 0.4) is 0 Å². The van der Waals surface area contributed by atoms with Crippen LogP contribution in [0, 0.1) is 5.92 Å². The van der Waals surface area contributed by atoms with Crippen molar-refractivity contribution in [2.75, 3.05) is 6.54 Å². The van der Waals surface area contributed by atoms with Crippen LogP contribution in [-0.2, 0) is 0 Å². The van der Waals surface area contributed by atoms with Gasteiger partial charge in [0.2, 0.25) is 0 Å². The van der Waals surface area contributed by atoms with E-state index >= 15 is 0 Å². The van der Waals surface area contributed by atoms with E-state index in [-0.39, 0.29) is 0 Å². The molecule has 1 nitrogen and oxygen atoms in total. The first kappa shape index (κ1) is 13.8. The predicted octanol–water partition coefficient (Wildman–Crippen LogP) is 4.29. The van der Waals surface area contributed by atoms with Crippen LogP contribution in [0.25, 0.3) is 0 Å². The molecule has 2 atom stereocenters. The van der Waals surface area contributed by atoms with Crippen LogP contribution in [0.15, 0.2) is 11.6 Å². The van der Waals surface area contributed by atoms with Gasteiger partial charge in [0.1, 0.15) is 0 Å². The molecular weight excluding hydrogens is 194 g/mol. The molecule has 1 rings (SSSR count). The Hall–Kier alpha value is -0.300. The van der Waals surface area contributed by atoms with E-state index in [9.17, 15) is 0 Å². The fraction of sp³-hybridized carbons (Fsp3) is 0.867. The lowest BCUT2D eigenvalue weighted by molar-refractivity contribution is 0.401. The van der Waals surface area contributed by atoms with E-state index in [1.54, 1.807) is 5.57 Å². The summed E-state index contributed by atoms with van der Waals surface area (Å²) in [7, 11) is 0. The molecule has 2 unspecified atom stereocenters. The molecule has 94 valence electrons. The molecule has 1 aliphatic carbocycles. The zero-order valence-electron chi connectivity index (χ0n) is 11.4. The quantitative estimate of drug-likeness (QED) is 0.686. The SMILES string of the molecule is CCNC(C1=CCCCCCC1)C(C)CC. The maximum Gasteiger partial charge on any atom is 0.0304 e. The summed E-state index contributed by atoms with van der Waals surface area (Å²) in [6, 6.07) is 0.632. The molecule has 0 fully saturated rings. The van der Waals surface area contributed by atoms with Gasteiger partial charge in [-0.1, -0.05) is 51.7 Å². The average Bonchev–Trinajstić information content (AvgIpc) is 2.25. The molecule has 1 aliphatic rings. The predicted molar refractivity (Wildman–Crippen MR) is 72.7 cm³/mol. The summed E-state index contributed by atoms with van der Waals surface area (Å²) in [5.74, 6) is 0.769. The summed E-state index contributed by atoms with van der Waals surface area (Å²) >= 11 is 0. The fourth-order valence-corrected chi connectivity index (χ4v) is 2.65. The second-order valence-electron chi connectivity index (χ2n) is 5.15. The molecule has 0 radical (unpaired) electrons. The van der Waals surface area contributed by atoms with E-state index < -0.39 is 0 Å². The molecule has 0 spiro atoms. The second-order valence-corrected chi connectivity index (χ2v) is 5.15. The third-order valence-corrected chi connectivity index (χ3v) is 3.86. The van der Waals surface area contributed by atoms with Crippen LogP contribution in [0.5, 0.6) is 0 Å². The third kappa shape index (κ3) is 4.29. The zero-order chi connectivity index (χ0) is 11.8. The molecule has 0 saturated carbocycles. The Morgan fingerprint density at radius 3 is 2.62 bits per heavy atom. The van der Waals surface area contributed by atoms with Gasteiger partial charge in [-0.3, -0.25) is 0 Å². The minimum Gasteiger partial charge on any atom is -0.310 e. The standard InChI is InChI=1S/C15H29N/c1-4-13(3)15(16-5-2)14-11-9-7-6-8-10-12-14/h11,13,15-16H,4-10,12H2,1-3H3. The highest BCUT2D eigenvalue weighted by atomic mass is 14.9. The van der Waals surface area contributed by atoms with Crippen molar-refractivity contribution in [1.29, 1.82) is 0 Å². The van der Waals surface area contributed by atoms with Crippen LogP contribution in [-0.4, -0.2) is 12.6 Å². The first-order chi connectivity index (χ1) is 7.79. The summed E-state index contributed by atoms with van der Waals surface area (Å²) in [5, 5.41) is 3.68. The van der Waals surface area contributed by atoms with Gasteiger partial charge in [-0.25, -0.2) is 0 Å². The summed E-state index contributed by atoms with van der Waals surface area (Å²) in [6.07, 6.45) is 12.1. The Balaban J connectivity index is 2.65. The molecule has 0 aliphatic heterocycles. The number of allylic oxidation sites excluding steroid dienone is 1. The first-order valence-electron chi connectivity index (χ1n) is 7.21. The molecule has 0 heterocycles. The second kappa shape index (κ2) is 7.89. The van der Waals surface area contributed by atoms with Crippen LogP contribution in [0.1, 0.15) is 65.7 Å². The Labute approximate surface area is 102 Å². The van der Waals surface area contributed by atoms with Gasteiger partial charge in [0.05, 0.1) is 0 Å². The van der Waals surface area contributed by atoms with Gasteiger partial charge in [-0.15, -0.1) is 0 Å². The minimum absolute atomic E-state index is 0.632. The number of nitrogens with one attached hydrogen (secondary N) is 1. The lowest BCUT2D eigenvalue weighted by Crippen LogP contribution is -2.36. The van der Waals surface area contributed by atoms with Crippen molar-refractivity contribution >= 4 is 0 Å². The third-order valence-electron chi connectivity index (χ3n) is 3.86. The molecule has 0 aromatic rings. The molecule has 16 heavy (non-hydrogen) atoms. The topological polar surface area (TPSA) is 12.0 Å². The van der Waals surface area contributed by atoms with Crippen molar-refractivity contribution in [2.24, 2.45) is 5.92 Å². The average molecular weight is 223 g/mol. The maximum atomic E-state index is 3.68. The van der Waals surface area contributed by atoms with Gasteiger partial charge in [0.15, 0.2) is 0 Å². The molecule has 0 amide bonds. The van der Waals surface area contributed by atoms with Crippen LogP contribution >= 0.6 is 0 Å². The lowest BCUT2D eigenvalue weighted by Gasteiger charge is -2.28. The summed E-state index contributed by atoms with van der Waals surface area (Å²) in [5.41, 5.74) is 1.69. The monoisotopic (exact) mass is 223 g/mol. The molecule has 0 aromatic carbocycles. The Kier molecular flexibility index (Phi) is 6.79.